The first kappa shape index (κ1) is 7.42. The highest BCUT2D eigenvalue weighted by Gasteiger charge is 2.06. The molecule has 0 unspecified atom stereocenters. The van der Waals surface area contributed by atoms with E-state index in [-0.39, 0.29) is 0 Å². The summed E-state index contributed by atoms with van der Waals surface area (Å²) in [7, 11) is 0. The summed E-state index contributed by atoms with van der Waals surface area (Å²) in [6.45, 7) is 2.44. The Kier molecular flexibility index (Phi) is 1.65. The zero-order valence-corrected chi connectivity index (χ0v) is 7.19. The number of hydrogen-bond acceptors (Lipinski definition) is 3. The van der Waals surface area contributed by atoms with Crippen LogP contribution in [0.2, 0.25) is 5.28 Å². The molecule has 0 aliphatic carbocycles. The lowest BCUT2D eigenvalue weighted by Gasteiger charge is -2.02. The van der Waals surface area contributed by atoms with Crippen LogP contribution in [-0.4, -0.2) is 25.9 Å². The zero-order valence-electron chi connectivity index (χ0n) is 6.44. The topological polar surface area (TPSA) is 44.3 Å². The Morgan fingerprint density at radius 3 is 3.17 bits per heavy atom. The molecule has 0 atom stereocenters. The van der Waals surface area contributed by atoms with E-state index < -0.39 is 0 Å². The molecule has 0 aromatic carbocycles. The summed E-state index contributed by atoms with van der Waals surface area (Å²) in [5.74, 6) is 0. The van der Waals surface area contributed by atoms with Gasteiger partial charge in [-0.2, -0.15) is 4.52 Å². The molecule has 0 spiro atoms. The fraction of sp³-hybridized carbons (Fsp3) is 0.333. The van der Waals surface area contributed by atoms with Gasteiger partial charge in [0, 0.05) is 0 Å². The predicted molar refractivity (Wildman–Crippen MR) is 43.1 cm³/mol. The number of fused-ring (bicyclic) bond motifs is 1. The van der Waals surface area contributed by atoms with E-state index in [1.54, 1.807) is 17.0 Å². The molecule has 6 heteroatoms. The molecule has 0 aliphatic rings. The second-order valence-corrected chi connectivity index (χ2v) is 2.50. The van der Waals surface area contributed by atoms with Gasteiger partial charge in [-0.3, -0.25) is 0 Å². The number of rotatable bonds is 2. The van der Waals surface area contributed by atoms with Crippen molar-refractivity contribution < 1.29 is 4.84 Å². The van der Waals surface area contributed by atoms with Crippen LogP contribution >= 0.6 is 11.6 Å². The molecule has 0 saturated carbocycles. The molecular formula is C6H7ClN4O. The summed E-state index contributed by atoms with van der Waals surface area (Å²) in [5, 5.41) is 0.343. The summed E-state index contributed by atoms with van der Waals surface area (Å²) in [6, 6.07) is 0. The monoisotopic (exact) mass is 186 g/mol. The SMILES string of the molecule is CCOn1cnc2cnc(Cl)n21. The fourth-order valence-electron chi connectivity index (χ4n) is 0.969. The molecule has 0 amide bonds. The van der Waals surface area contributed by atoms with Gasteiger partial charge >= 0.3 is 0 Å². The third-order valence-corrected chi connectivity index (χ3v) is 1.68. The average molecular weight is 187 g/mol. The molecule has 0 bridgehead atoms. The third kappa shape index (κ3) is 0.937. The minimum Gasteiger partial charge on any atom is -0.397 e. The normalized spacial score (nSPS) is 10.8. The van der Waals surface area contributed by atoms with Crippen LogP contribution in [0.25, 0.3) is 5.65 Å². The Balaban J connectivity index is 2.59. The van der Waals surface area contributed by atoms with Gasteiger partial charge in [-0.15, -0.1) is 4.85 Å². The number of hydrogen-bond donors (Lipinski definition) is 0. The Bertz CT molecular complexity index is 393. The van der Waals surface area contributed by atoms with Crippen LogP contribution in [-0.2, 0) is 0 Å². The Hall–Kier alpha value is -1.23. The van der Waals surface area contributed by atoms with Gasteiger partial charge in [-0.25, -0.2) is 9.97 Å². The largest absolute Gasteiger partial charge is 0.397 e. The van der Waals surface area contributed by atoms with Crippen LogP contribution in [0.5, 0.6) is 0 Å². The van der Waals surface area contributed by atoms with E-state index in [9.17, 15) is 0 Å². The molecule has 2 aromatic heterocycles. The lowest BCUT2D eigenvalue weighted by molar-refractivity contribution is 0.0831. The van der Waals surface area contributed by atoms with E-state index in [1.807, 2.05) is 6.92 Å². The van der Waals surface area contributed by atoms with E-state index in [2.05, 4.69) is 9.97 Å². The maximum Gasteiger partial charge on any atom is 0.226 e. The predicted octanol–water partition coefficient (Wildman–Crippen LogP) is 0.633. The van der Waals surface area contributed by atoms with E-state index in [1.165, 1.54) is 4.85 Å². The van der Waals surface area contributed by atoms with Gasteiger partial charge in [0.1, 0.15) is 6.61 Å². The Labute approximate surface area is 73.5 Å². The first-order chi connectivity index (χ1) is 5.83. The molecule has 2 heterocycles. The molecule has 0 fully saturated rings. The molecule has 12 heavy (non-hydrogen) atoms. The van der Waals surface area contributed by atoms with E-state index in [4.69, 9.17) is 16.4 Å². The maximum atomic E-state index is 5.77. The summed E-state index contributed by atoms with van der Waals surface area (Å²) in [4.78, 5) is 14.5. The van der Waals surface area contributed by atoms with Crippen molar-refractivity contribution in [1.82, 2.24) is 19.3 Å². The molecule has 2 aromatic rings. The molecular weight excluding hydrogens is 180 g/mol. The summed E-state index contributed by atoms with van der Waals surface area (Å²) >= 11 is 5.77. The van der Waals surface area contributed by atoms with Crippen LogP contribution in [0, 0.1) is 0 Å². The van der Waals surface area contributed by atoms with Gasteiger partial charge in [0.15, 0.2) is 12.0 Å². The fourth-order valence-corrected chi connectivity index (χ4v) is 1.18. The number of aromatic nitrogens is 4. The van der Waals surface area contributed by atoms with E-state index in [0.717, 1.165) is 0 Å². The molecule has 64 valence electrons. The highest BCUT2D eigenvalue weighted by Crippen LogP contribution is 2.08. The standard InChI is InChI=1S/C6H7ClN4O/c1-2-12-10-4-9-5-3-8-6(7)11(5)10/h3-4H,2H2,1H3. The summed E-state index contributed by atoms with van der Waals surface area (Å²) in [6.07, 6.45) is 3.13. The minimum atomic E-state index is 0.343. The first-order valence-corrected chi connectivity index (χ1v) is 3.90. The second-order valence-electron chi connectivity index (χ2n) is 2.16. The molecule has 2 rings (SSSR count). The van der Waals surface area contributed by atoms with Crippen molar-refractivity contribution in [1.29, 1.82) is 0 Å². The smallest absolute Gasteiger partial charge is 0.226 e. The van der Waals surface area contributed by atoms with Gasteiger partial charge in [-0.1, -0.05) is 0 Å². The van der Waals surface area contributed by atoms with Gasteiger partial charge in [-0.05, 0) is 18.5 Å². The highest BCUT2D eigenvalue weighted by molar-refractivity contribution is 6.28. The van der Waals surface area contributed by atoms with Crippen molar-refractivity contribution in [3.8, 4) is 0 Å². The highest BCUT2D eigenvalue weighted by atomic mass is 35.5. The van der Waals surface area contributed by atoms with Gasteiger partial charge in [0.25, 0.3) is 0 Å². The van der Waals surface area contributed by atoms with Crippen molar-refractivity contribution in [2.24, 2.45) is 0 Å². The number of nitrogens with zero attached hydrogens (tertiary/aromatic N) is 4. The number of halogens is 1. The second kappa shape index (κ2) is 2.67. The van der Waals surface area contributed by atoms with E-state index in [0.29, 0.717) is 17.5 Å². The zero-order chi connectivity index (χ0) is 8.55. The van der Waals surface area contributed by atoms with E-state index >= 15 is 0 Å². The van der Waals surface area contributed by atoms with Gasteiger partial charge in [0.05, 0.1) is 6.20 Å². The van der Waals surface area contributed by atoms with Gasteiger partial charge < -0.3 is 4.84 Å². The van der Waals surface area contributed by atoms with Crippen LogP contribution in [0.1, 0.15) is 6.92 Å². The number of imidazole rings is 1. The van der Waals surface area contributed by atoms with Crippen LogP contribution < -0.4 is 4.84 Å². The lowest BCUT2D eigenvalue weighted by atomic mass is 10.8. The first-order valence-electron chi connectivity index (χ1n) is 3.53. The van der Waals surface area contributed by atoms with Crippen molar-refractivity contribution in [3.05, 3.63) is 17.8 Å². The van der Waals surface area contributed by atoms with Crippen LogP contribution in [0.3, 0.4) is 0 Å². The summed E-state index contributed by atoms with van der Waals surface area (Å²) < 4.78 is 1.57. The average Bonchev–Trinajstić information content (AvgIpc) is 2.58. The van der Waals surface area contributed by atoms with Crippen LogP contribution in [0.4, 0.5) is 0 Å². The molecule has 0 aliphatic heterocycles. The van der Waals surface area contributed by atoms with Crippen molar-refractivity contribution in [2.75, 3.05) is 6.61 Å². The van der Waals surface area contributed by atoms with Crippen molar-refractivity contribution in [3.63, 3.8) is 0 Å². The maximum absolute atomic E-state index is 5.77. The lowest BCUT2D eigenvalue weighted by Crippen LogP contribution is -2.14. The van der Waals surface area contributed by atoms with Crippen molar-refractivity contribution >= 4 is 17.2 Å². The van der Waals surface area contributed by atoms with Gasteiger partial charge in [0.2, 0.25) is 5.28 Å². The third-order valence-electron chi connectivity index (χ3n) is 1.43. The minimum absolute atomic E-state index is 0.343. The summed E-state index contributed by atoms with van der Waals surface area (Å²) in [5.41, 5.74) is 0.674. The molecule has 5 nitrogen and oxygen atoms in total. The van der Waals surface area contributed by atoms with Crippen LogP contribution in [0.15, 0.2) is 12.5 Å². The quantitative estimate of drug-likeness (QED) is 0.691. The molecule has 0 radical (unpaired) electrons. The molecule has 0 saturated heterocycles. The molecule has 0 N–H and O–H groups in total. The van der Waals surface area contributed by atoms with Crippen molar-refractivity contribution in [2.45, 2.75) is 6.92 Å². The Morgan fingerprint density at radius 2 is 2.42 bits per heavy atom. The Morgan fingerprint density at radius 1 is 1.58 bits per heavy atom.